The molecule has 3 aliphatic rings. The molecule has 0 amide bonds. The number of hydrogen-bond donors (Lipinski definition) is 1. The van der Waals surface area contributed by atoms with E-state index in [0.29, 0.717) is 28.8 Å². The molecule has 1 aliphatic carbocycles. The van der Waals surface area contributed by atoms with Gasteiger partial charge in [0.25, 0.3) is 0 Å². The van der Waals surface area contributed by atoms with Gasteiger partial charge in [-0.25, -0.2) is 4.98 Å². The van der Waals surface area contributed by atoms with Gasteiger partial charge in [0.2, 0.25) is 5.76 Å². The van der Waals surface area contributed by atoms with E-state index in [-0.39, 0.29) is 0 Å². The molecule has 1 saturated carbocycles. The van der Waals surface area contributed by atoms with Gasteiger partial charge in [-0.3, -0.25) is 4.90 Å². The van der Waals surface area contributed by atoms with Crippen molar-refractivity contribution >= 4 is 32.7 Å². The van der Waals surface area contributed by atoms with Crippen molar-refractivity contribution in [2.75, 3.05) is 31.6 Å². The Kier molecular flexibility index (Phi) is 4.82. The Hall–Kier alpha value is -1.62. The van der Waals surface area contributed by atoms with E-state index in [0.717, 1.165) is 41.7 Å². The maximum atomic E-state index is 9.04. The quantitative estimate of drug-likeness (QED) is 0.760. The predicted octanol–water partition coefficient (Wildman–Crippen LogP) is 4.30. The minimum absolute atomic E-state index is 0.311. The number of rotatable bonds is 3. The van der Waals surface area contributed by atoms with Crippen molar-refractivity contribution in [3.63, 3.8) is 0 Å². The summed E-state index contributed by atoms with van der Waals surface area (Å²) >= 11 is 3.64. The zero-order valence-electron chi connectivity index (χ0n) is 15.9. The van der Waals surface area contributed by atoms with Crippen LogP contribution in [-0.4, -0.2) is 48.3 Å². The molecule has 1 unspecified atom stereocenters. The van der Waals surface area contributed by atoms with E-state index < -0.39 is 0 Å². The van der Waals surface area contributed by atoms with Gasteiger partial charge in [0.15, 0.2) is 5.58 Å². The molecule has 5 rings (SSSR count). The molecule has 3 fully saturated rings. The molecule has 2 aromatic rings. The SMILES string of the molecule is N#Cc1cc2c(Br)c(NC3CCC(N4CCC5(CCOC5)C4)CC3)ncc2o1. The molecule has 2 aliphatic heterocycles. The van der Waals surface area contributed by atoms with E-state index in [1.807, 2.05) is 6.07 Å². The van der Waals surface area contributed by atoms with Crippen LogP contribution >= 0.6 is 15.9 Å². The highest BCUT2D eigenvalue weighted by Crippen LogP contribution is 2.41. The van der Waals surface area contributed by atoms with E-state index in [1.54, 1.807) is 12.3 Å². The number of nitrogens with zero attached hydrogens (tertiary/aromatic N) is 3. The van der Waals surface area contributed by atoms with Crippen LogP contribution in [0.25, 0.3) is 11.0 Å². The highest BCUT2D eigenvalue weighted by Gasteiger charge is 2.43. The lowest BCUT2D eigenvalue weighted by atomic mass is 9.86. The first-order chi connectivity index (χ1) is 13.7. The Balaban J connectivity index is 1.20. The molecule has 0 bridgehead atoms. The van der Waals surface area contributed by atoms with Crippen LogP contribution in [0.2, 0.25) is 0 Å². The first-order valence-electron chi connectivity index (χ1n) is 10.2. The van der Waals surface area contributed by atoms with Gasteiger partial charge >= 0.3 is 0 Å². The number of fused-ring (bicyclic) bond motifs is 1. The lowest BCUT2D eigenvalue weighted by molar-refractivity contribution is 0.133. The average molecular weight is 445 g/mol. The van der Waals surface area contributed by atoms with Crippen molar-refractivity contribution in [2.45, 2.75) is 50.6 Å². The highest BCUT2D eigenvalue weighted by atomic mass is 79.9. The van der Waals surface area contributed by atoms with Crippen molar-refractivity contribution in [1.29, 1.82) is 5.26 Å². The standard InChI is InChI=1S/C21H25BrN4O2/c22-19-17-9-16(10-23)28-18(17)11-24-20(19)25-14-1-3-15(4-2-14)26-7-5-21(12-26)6-8-27-13-21/h9,11,14-15H,1-8,12-13H2,(H,24,25). The first-order valence-corrected chi connectivity index (χ1v) is 11.0. The van der Waals surface area contributed by atoms with Gasteiger partial charge in [-0.05, 0) is 61.0 Å². The average Bonchev–Trinajstić information content (AvgIpc) is 3.45. The summed E-state index contributed by atoms with van der Waals surface area (Å²) in [5.74, 6) is 1.15. The van der Waals surface area contributed by atoms with Crippen LogP contribution in [0.1, 0.15) is 44.3 Å². The number of nitrogens with one attached hydrogen (secondary N) is 1. The molecule has 1 spiro atoms. The molecule has 148 valence electrons. The van der Waals surface area contributed by atoms with Crippen molar-refractivity contribution in [1.82, 2.24) is 9.88 Å². The number of halogens is 1. The zero-order valence-corrected chi connectivity index (χ0v) is 17.5. The fourth-order valence-electron chi connectivity index (χ4n) is 5.17. The summed E-state index contributed by atoms with van der Waals surface area (Å²) in [5.41, 5.74) is 1.09. The van der Waals surface area contributed by atoms with Gasteiger partial charge in [-0.1, -0.05) is 0 Å². The van der Waals surface area contributed by atoms with E-state index in [2.05, 4.69) is 31.1 Å². The fraction of sp³-hybridized carbons (Fsp3) is 0.619. The second kappa shape index (κ2) is 7.33. The van der Waals surface area contributed by atoms with Crippen LogP contribution in [0.5, 0.6) is 0 Å². The molecule has 1 N–H and O–H groups in total. The monoisotopic (exact) mass is 444 g/mol. The van der Waals surface area contributed by atoms with Gasteiger partial charge in [0, 0.05) is 42.1 Å². The number of nitriles is 1. The Morgan fingerprint density at radius 1 is 1.29 bits per heavy atom. The van der Waals surface area contributed by atoms with Crippen LogP contribution in [-0.2, 0) is 4.74 Å². The first kappa shape index (κ1) is 18.4. The maximum Gasteiger partial charge on any atom is 0.204 e. The highest BCUT2D eigenvalue weighted by molar-refractivity contribution is 9.10. The number of furan rings is 1. The summed E-state index contributed by atoms with van der Waals surface area (Å²) in [6.07, 6.45) is 9.03. The van der Waals surface area contributed by atoms with Crippen LogP contribution in [0.15, 0.2) is 21.2 Å². The molecule has 4 heterocycles. The van der Waals surface area contributed by atoms with Crippen LogP contribution in [0, 0.1) is 16.7 Å². The Morgan fingerprint density at radius 2 is 2.14 bits per heavy atom. The summed E-state index contributed by atoms with van der Waals surface area (Å²) in [6.45, 7) is 4.37. The molecule has 1 atom stereocenters. The normalized spacial score (nSPS) is 30.9. The van der Waals surface area contributed by atoms with Gasteiger partial charge in [0.05, 0.1) is 17.3 Å². The van der Waals surface area contributed by atoms with Gasteiger partial charge in [-0.15, -0.1) is 0 Å². The lowest BCUT2D eigenvalue weighted by Gasteiger charge is -2.36. The molecule has 0 aromatic carbocycles. The third kappa shape index (κ3) is 3.32. The number of anilines is 1. The van der Waals surface area contributed by atoms with Crippen molar-refractivity contribution in [2.24, 2.45) is 5.41 Å². The largest absolute Gasteiger partial charge is 0.444 e. The minimum Gasteiger partial charge on any atom is -0.444 e. The summed E-state index contributed by atoms with van der Waals surface area (Å²) in [4.78, 5) is 7.23. The van der Waals surface area contributed by atoms with Crippen molar-refractivity contribution in [3.8, 4) is 6.07 Å². The minimum atomic E-state index is 0.311. The maximum absolute atomic E-state index is 9.04. The summed E-state index contributed by atoms with van der Waals surface area (Å²) in [5, 5.41) is 13.5. The summed E-state index contributed by atoms with van der Waals surface area (Å²) in [7, 11) is 0. The topological polar surface area (TPSA) is 74.3 Å². The van der Waals surface area contributed by atoms with Crippen LogP contribution < -0.4 is 5.32 Å². The number of likely N-dealkylation sites (tertiary alicyclic amines) is 1. The third-order valence-electron chi connectivity index (χ3n) is 6.83. The summed E-state index contributed by atoms with van der Waals surface area (Å²) < 4.78 is 12.0. The number of aromatic nitrogens is 1. The molecule has 28 heavy (non-hydrogen) atoms. The van der Waals surface area contributed by atoms with Crippen LogP contribution in [0.3, 0.4) is 0 Å². The van der Waals surface area contributed by atoms with Gasteiger partial charge < -0.3 is 14.5 Å². The number of pyridine rings is 1. The van der Waals surface area contributed by atoms with Crippen molar-refractivity contribution in [3.05, 3.63) is 22.5 Å². The van der Waals surface area contributed by atoms with Gasteiger partial charge in [-0.2, -0.15) is 5.26 Å². The molecule has 0 radical (unpaired) electrons. The molecule has 6 nitrogen and oxygen atoms in total. The Bertz CT molecular complexity index is 907. The molecule has 2 saturated heterocycles. The van der Waals surface area contributed by atoms with E-state index in [9.17, 15) is 0 Å². The second-order valence-corrected chi connectivity index (χ2v) is 9.39. The predicted molar refractivity (Wildman–Crippen MR) is 110 cm³/mol. The smallest absolute Gasteiger partial charge is 0.204 e. The number of ether oxygens (including phenoxy) is 1. The molecular formula is C21H25BrN4O2. The molecule has 7 heteroatoms. The van der Waals surface area contributed by atoms with Crippen LogP contribution in [0.4, 0.5) is 5.82 Å². The fourth-order valence-corrected chi connectivity index (χ4v) is 5.69. The summed E-state index contributed by atoms with van der Waals surface area (Å²) in [6, 6.07) is 4.96. The third-order valence-corrected chi connectivity index (χ3v) is 7.64. The van der Waals surface area contributed by atoms with Crippen molar-refractivity contribution < 1.29 is 9.15 Å². The second-order valence-electron chi connectivity index (χ2n) is 8.59. The van der Waals surface area contributed by atoms with E-state index in [1.165, 1.54) is 38.8 Å². The number of hydrogen-bond acceptors (Lipinski definition) is 6. The molecular weight excluding hydrogens is 420 g/mol. The zero-order chi connectivity index (χ0) is 19.1. The Labute approximate surface area is 173 Å². The molecule has 2 aromatic heterocycles. The van der Waals surface area contributed by atoms with E-state index in [4.69, 9.17) is 14.4 Å². The Morgan fingerprint density at radius 3 is 2.89 bits per heavy atom. The lowest BCUT2D eigenvalue weighted by Crippen LogP contribution is -2.40. The van der Waals surface area contributed by atoms with E-state index >= 15 is 0 Å². The van der Waals surface area contributed by atoms with Gasteiger partial charge in [0.1, 0.15) is 11.9 Å².